The Morgan fingerprint density at radius 1 is 1.14 bits per heavy atom. The van der Waals surface area contributed by atoms with Crippen molar-refractivity contribution in [1.82, 2.24) is 15.5 Å². The number of hydrogen-bond donors (Lipinski definition) is 6. The van der Waals surface area contributed by atoms with Crippen LogP contribution in [0.5, 0.6) is 0 Å². The largest absolute Gasteiger partial charge is 0.481 e. The number of aliphatic carboxylic acids is 2. The molecule has 1 aliphatic rings. The van der Waals surface area contributed by atoms with E-state index in [1.54, 1.807) is 0 Å². The predicted molar refractivity (Wildman–Crippen MR) is 98.4 cm³/mol. The minimum Gasteiger partial charge on any atom is -0.481 e. The highest BCUT2D eigenvalue weighted by atomic mass is 16.4. The van der Waals surface area contributed by atoms with Crippen molar-refractivity contribution in [2.45, 2.75) is 69.8 Å². The van der Waals surface area contributed by atoms with Crippen molar-refractivity contribution in [3.05, 3.63) is 0 Å². The molecule has 0 aromatic carbocycles. The fraction of sp³-hybridized carbons (Fsp3) is 0.706. The van der Waals surface area contributed by atoms with Crippen molar-refractivity contribution in [3.8, 4) is 0 Å². The third-order valence-electron chi connectivity index (χ3n) is 4.65. The van der Waals surface area contributed by atoms with Gasteiger partial charge in [-0.15, -0.1) is 0 Å². The summed E-state index contributed by atoms with van der Waals surface area (Å²) in [6.07, 6.45) is -1.05. The number of likely N-dealkylation sites (tertiary alicyclic amines) is 1. The van der Waals surface area contributed by atoms with Gasteiger partial charge < -0.3 is 36.6 Å². The first-order valence-electron chi connectivity index (χ1n) is 9.25. The summed E-state index contributed by atoms with van der Waals surface area (Å²) < 4.78 is 0. The first kappa shape index (κ1) is 24.3. The number of carboxylic acid groups (broad SMARTS) is 2. The molecule has 1 heterocycles. The third kappa shape index (κ3) is 6.98. The van der Waals surface area contributed by atoms with Crippen LogP contribution < -0.4 is 16.4 Å². The quantitative estimate of drug-likeness (QED) is 0.225. The van der Waals surface area contributed by atoms with Gasteiger partial charge in [0.15, 0.2) is 0 Å². The van der Waals surface area contributed by atoms with Gasteiger partial charge in [-0.05, 0) is 33.1 Å². The average Bonchev–Trinajstić information content (AvgIpc) is 3.13. The molecule has 12 heteroatoms. The molecule has 1 saturated heterocycles. The Balaban J connectivity index is 2.94. The van der Waals surface area contributed by atoms with Crippen LogP contribution in [-0.2, 0) is 24.0 Å². The maximum Gasteiger partial charge on any atom is 0.325 e. The summed E-state index contributed by atoms with van der Waals surface area (Å²) >= 11 is 0. The number of carboxylic acids is 2. The van der Waals surface area contributed by atoms with Crippen LogP contribution in [0, 0.1) is 0 Å². The SMILES string of the molecule is CC(NC(=O)C1CCCN1C(=O)C(CCC(=O)O)NC(=O)C(N)C(C)O)C(=O)O. The lowest BCUT2D eigenvalue weighted by molar-refractivity contribution is -0.145. The summed E-state index contributed by atoms with van der Waals surface area (Å²) in [6, 6.07) is -4.65. The van der Waals surface area contributed by atoms with Gasteiger partial charge in [-0.3, -0.25) is 24.0 Å². The first-order valence-corrected chi connectivity index (χ1v) is 9.25. The van der Waals surface area contributed by atoms with Gasteiger partial charge >= 0.3 is 11.9 Å². The number of amides is 3. The Bertz CT molecular complexity index is 653. The van der Waals surface area contributed by atoms with Gasteiger partial charge in [0.1, 0.15) is 24.2 Å². The Kier molecular flexibility index (Phi) is 8.98. The zero-order valence-corrected chi connectivity index (χ0v) is 16.3. The number of carbonyl (C=O) groups is 5. The van der Waals surface area contributed by atoms with E-state index in [-0.39, 0.29) is 13.0 Å². The van der Waals surface area contributed by atoms with Crippen LogP contribution in [0.15, 0.2) is 0 Å². The van der Waals surface area contributed by atoms with E-state index in [0.717, 1.165) is 0 Å². The van der Waals surface area contributed by atoms with Gasteiger partial charge in [-0.25, -0.2) is 0 Å². The number of nitrogens with one attached hydrogen (secondary N) is 2. The fourth-order valence-electron chi connectivity index (χ4n) is 2.89. The van der Waals surface area contributed by atoms with E-state index in [2.05, 4.69) is 10.6 Å². The highest BCUT2D eigenvalue weighted by Gasteiger charge is 2.39. The van der Waals surface area contributed by atoms with Crippen LogP contribution in [0.4, 0.5) is 0 Å². The standard InChI is InChI=1S/C17H28N4O8/c1-8(17(28)29)19-14(25)11-4-3-7-21(11)16(27)10(5-6-12(23)24)20-15(26)13(18)9(2)22/h8-11,13,22H,3-7,18H2,1-2H3,(H,19,25)(H,20,26)(H,23,24)(H,28,29). The minimum atomic E-state index is -1.32. The molecule has 0 spiro atoms. The second-order valence-electron chi connectivity index (χ2n) is 7.02. The molecule has 7 N–H and O–H groups in total. The molecule has 29 heavy (non-hydrogen) atoms. The number of aliphatic hydroxyl groups excluding tert-OH is 1. The molecule has 1 rings (SSSR count). The van der Waals surface area contributed by atoms with Gasteiger partial charge in [0.2, 0.25) is 17.7 Å². The van der Waals surface area contributed by atoms with Gasteiger partial charge in [-0.1, -0.05) is 0 Å². The van der Waals surface area contributed by atoms with Crippen LogP contribution in [0.3, 0.4) is 0 Å². The number of hydrogen-bond acceptors (Lipinski definition) is 7. The molecule has 0 saturated carbocycles. The molecule has 12 nitrogen and oxygen atoms in total. The molecule has 164 valence electrons. The number of nitrogens with zero attached hydrogens (tertiary/aromatic N) is 1. The van der Waals surface area contributed by atoms with Crippen LogP contribution in [0.1, 0.15) is 39.5 Å². The molecular weight excluding hydrogens is 388 g/mol. The van der Waals surface area contributed by atoms with Crippen LogP contribution in [-0.4, -0.2) is 86.7 Å². The van der Waals surface area contributed by atoms with E-state index < -0.39 is 66.4 Å². The van der Waals surface area contributed by atoms with Crippen LogP contribution in [0.25, 0.3) is 0 Å². The van der Waals surface area contributed by atoms with E-state index in [4.69, 9.17) is 15.9 Å². The second-order valence-corrected chi connectivity index (χ2v) is 7.02. The summed E-state index contributed by atoms with van der Waals surface area (Å²) in [5.74, 6) is -4.55. The average molecular weight is 416 g/mol. The second kappa shape index (κ2) is 10.7. The van der Waals surface area contributed by atoms with Crippen molar-refractivity contribution >= 4 is 29.7 Å². The maximum absolute atomic E-state index is 12.9. The molecule has 1 aliphatic heterocycles. The molecular formula is C17H28N4O8. The summed E-state index contributed by atoms with van der Waals surface area (Å²) in [7, 11) is 0. The Hall–Kier alpha value is -2.73. The third-order valence-corrected chi connectivity index (χ3v) is 4.65. The van der Waals surface area contributed by atoms with E-state index >= 15 is 0 Å². The Labute approximate surface area is 167 Å². The fourth-order valence-corrected chi connectivity index (χ4v) is 2.89. The Morgan fingerprint density at radius 2 is 1.76 bits per heavy atom. The molecule has 0 aliphatic carbocycles. The lowest BCUT2D eigenvalue weighted by Gasteiger charge is -2.29. The van der Waals surface area contributed by atoms with E-state index in [1.807, 2.05) is 0 Å². The molecule has 1 fully saturated rings. The normalized spacial score (nSPS) is 20.3. The van der Waals surface area contributed by atoms with Crippen molar-refractivity contribution in [1.29, 1.82) is 0 Å². The van der Waals surface area contributed by atoms with Crippen molar-refractivity contribution in [2.24, 2.45) is 5.73 Å². The zero-order chi connectivity index (χ0) is 22.3. The Morgan fingerprint density at radius 3 is 2.28 bits per heavy atom. The van der Waals surface area contributed by atoms with Gasteiger partial charge in [0.25, 0.3) is 0 Å². The monoisotopic (exact) mass is 416 g/mol. The van der Waals surface area contributed by atoms with Crippen molar-refractivity contribution in [3.63, 3.8) is 0 Å². The van der Waals surface area contributed by atoms with E-state index in [1.165, 1.54) is 18.7 Å². The zero-order valence-electron chi connectivity index (χ0n) is 16.3. The molecule has 0 aromatic rings. The first-order chi connectivity index (χ1) is 13.5. The molecule has 0 aromatic heterocycles. The summed E-state index contributed by atoms with van der Waals surface area (Å²) in [5, 5.41) is 31.9. The molecule has 3 amide bonds. The summed E-state index contributed by atoms with van der Waals surface area (Å²) in [6.45, 7) is 2.78. The molecule has 5 unspecified atom stereocenters. The number of aliphatic hydroxyl groups is 1. The van der Waals surface area contributed by atoms with E-state index in [0.29, 0.717) is 12.8 Å². The number of nitrogens with two attached hydrogens (primary N) is 1. The van der Waals surface area contributed by atoms with Gasteiger partial charge in [-0.2, -0.15) is 0 Å². The predicted octanol–water partition coefficient (Wildman–Crippen LogP) is -2.38. The van der Waals surface area contributed by atoms with Gasteiger partial charge in [0.05, 0.1) is 6.10 Å². The molecule has 0 bridgehead atoms. The lowest BCUT2D eigenvalue weighted by atomic mass is 10.1. The summed E-state index contributed by atoms with van der Waals surface area (Å²) in [4.78, 5) is 60.5. The maximum atomic E-state index is 12.9. The summed E-state index contributed by atoms with van der Waals surface area (Å²) in [5.41, 5.74) is 5.55. The minimum absolute atomic E-state index is 0.195. The van der Waals surface area contributed by atoms with E-state index in [9.17, 15) is 29.1 Å². The number of carbonyl (C=O) groups excluding carboxylic acids is 3. The highest BCUT2D eigenvalue weighted by molar-refractivity contribution is 5.94. The number of rotatable bonds is 10. The topological polar surface area (TPSA) is 199 Å². The lowest BCUT2D eigenvalue weighted by Crippen LogP contribution is -2.57. The molecule has 5 atom stereocenters. The van der Waals surface area contributed by atoms with Gasteiger partial charge in [0, 0.05) is 13.0 Å². The van der Waals surface area contributed by atoms with Crippen LogP contribution >= 0.6 is 0 Å². The van der Waals surface area contributed by atoms with Crippen molar-refractivity contribution in [2.75, 3.05) is 6.54 Å². The van der Waals surface area contributed by atoms with Crippen molar-refractivity contribution < 1.29 is 39.3 Å². The highest BCUT2D eigenvalue weighted by Crippen LogP contribution is 2.20. The molecule has 0 radical (unpaired) electrons. The smallest absolute Gasteiger partial charge is 0.325 e. The van der Waals surface area contributed by atoms with Crippen LogP contribution in [0.2, 0.25) is 0 Å².